The first-order chi connectivity index (χ1) is 10.3. The molecule has 1 fully saturated rings. The number of halogens is 1. The minimum atomic E-state index is -0.206. The Labute approximate surface area is 123 Å². The Morgan fingerprint density at radius 2 is 2.14 bits per heavy atom. The predicted octanol–water partition coefficient (Wildman–Crippen LogP) is 2.69. The van der Waals surface area contributed by atoms with Crippen molar-refractivity contribution in [2.45, 2.75) is 25.3 Å². The van der Waals surface area contributed by atoms with Crippen LogP contribution >= 0.6 is 0 Å². The van der Waals surface area contributed by atoms with Gasteiger partial charge in [-0.15, -0.1) is 0 Å². The van der Waals surface area contributed by atoms with Crippen LogP contribution in [0.25, 0.3) is 0 Å². The minimum absolute atomic E-state index is 0.206. The molecule has 1 atom stereocenters. The molecular formula is C16H19FN4. The fourth-order valence-electron chi connectivity index (χ4n) is 2.57. The van der Waals surface area contributed by atoms with E-state index in [-0.39, 0.29) is 5.82 Å². The van der Waals surface area contributed by atoms with Crippen LogP contribution in [0.5, 0.6) is 0 Å². The van der Waals surface area contributed by atoms with Crippen LogP contribution in [-0.2, 0) is 6.54 Å². The molecule has 1 aromatic heterocycles. The molecule has 4 nitrogen and oxygen atoms in total. The molecule has 0 aliphatic carbocycles. The Kier molecular flexibility index (Phi) is 4.40. The average Bonchev–Trinajstić information content (AvgIpc) is 2.55. The summed E-state index contributed by atoms with van der Waals surface area (Å²) >= 11 is 0. The van der Waals surface area contributed by atoms with Gasteiger partial charge in [-0.25, -0.2) is 9.37 Å². The van der Waals surface area contributed by atoms with E-state index in [1.54, 1.807) is 18.3 Å². The van der Waals surface area contributed by atoms with Crippen molar-refractivity contribution < 1.29 is 4.39 Å². The third-order valence-electron chi connectivity index (χ3n) is 3.80. The van der Waals surface area contributed by atoms with Gasteiger partial charge in [0.05, 0.1) is 18.1 Å². The molecule has 0 radical (unpaired) electrons. The lowest BCUT2D eigenvalue weighted by Gasteiger charge is -2.21. The summed E-state index contributed by atoms with van der Waals surface area (Å²) in [6, 6.07) is 6.73. The summed E-state index contributed by atoms with van der Waals surface area (Å²) in [7, 11) is 0. The molecule has 21 heavy (non-hydrogen) atoms. The van der Waals surface area contributed by atoms with Crippen molar-refractivity contribution in [3.05, 3.63) is 53.7 Å². The number of anilines is 1. The molecule has 2 aromatic rings. The lowest BCUT2D eigenvalue weighted by Crippen LogP contribution is -2.28. The highest BCUT2D eigenvalue weighted by atomic mass is 19.1. The van der Waals surface area contributed by atoms with E-state index in [2.05, 4.69) is 20.6 Å². The van der Waals surface area contributed by atoms with Crippen molar-refractivity contribution in [2.24, 2.45) is 0 Å². The first-order valence-electron chi connectivity index (χ1n) is 7.33. The molecule has 0 bridgehead atoms. The maximum Gasteiger partial charge on any atom is 0.144 e. The van der Waals surface area contributed by atoms with Crippen molar-refractivity contribution in [2.75, 3.05) is 18.4 Å². The molecule has 0 spiro atoms. The number of benzene rings is 1. The smallest absolute Gasteiger partial charge is 0.144 e. The van der Waals surface area contributed by atoms with E-state index in [4.69, 9.17) is 0 Å². The number of piperidine rings is 1. The summed E-state index contributed by atoms with van der Waals surface area (Å²) in [5.74, 6) is 0.917. The van der Waals surface area contributed by atoms with Crippen LogP contribution in [0.2, 0.25) is 0 Å². The van der Waals surface area contributed by atoms with Gasteiger partial charge < -0.3 is 10.6 Å². The summed E-state index contributed by atoms with van der Waals surface area (Å²) in [4.78, 5) is 8.85. The van der Waals surface area contributed by atoms with Crippen LogP contribution in [0, 0.1) is 5.82 Å². The summed E-state index contributed by atoms with van der Waals surface area (Å²) < 4.78 is 13.5. The van der Waals surface area contributed by atoms with Gasteiger partial charge in [-0.3, -0.25) is 4.98 Å². The topological polar surface area (TPSA) is 49.8 Å². The van der Waals surface area contributed by atoms with Gasteiger partial charge in [-0.05, 0) is 25.5 Å². The highest BCUT2D eigenvalue weighted by Gasteiger charge is 2.16. The molecule has 1 aliphatic rings. The Morgan fingerprint density at radius 3 is 2.86 bits per heavy atom. The zero-order valence-electron chi connectivity index (χ0n) is 11.8. The molecule has 3 rings (SSSR count). The average molecular weight is 286 g/mol. The first-order valence-corrected chi connectivity index (χ1v) is 7.33. The molecule has 1 unspecified atom stereocenters. The van der Waals surface area contributed by atoms with Gasteiger partial charge in [0.1, 0.15) is 11.6 Å². The van der Waals surface area contributed by atoms with Crippen LogP contribution in [0.15, 0.2) is 36.7 Å². The second kappa shape index (κ2) is 6.63. The van der Waals surface area contributed by atoms with Crippen molar-refractivity contribution >= 4 is 5.82 Å². The predicted molar refractivity (Wildman–Crippen MR) is 80.6 cm³/mol. The fraction of sp³-hybridized carbons (Fsp3) is 0.375. The molecular weight excluding hydrogens is 267 g/mol. The van der Waals surface area contributed by atoms with Crippen molar-refractivity contribution in [3.63, 3.8) is 0 Å². The highest BCUT2D eigenvalue weighted by Crippen LogP contribution is 2.21. The van der Waals surface area contributed by atoms with Gasteiger partial charge in [0, 0.05) is 24.6 Å². The molecule has 0 amide bonds. The standard InChI is InChI=1S/C16H19FN4/c17-14-6-2-1-4-12(14)9-20-16-11-19-15(10-21-16)13-5-3-7-18-8-13/h1-2,4,6,10-11,13,18H,3,5,7-9H2,(H,20,21). The third kappa shape index (κ3) is 3.55. The number of hydrogen-bond acceptors (Lipinski definition) is 4. The van der Waals surface area contributed by atoms with Gasteiger partial charge in [0.25, 0.3) is 0 Å². The molecule has 5 heteroatoms. The van der Waals surface area contributed by atoms with E-state index < -0.39 is 0 Å². The minimum Gasteiger partial charge on any atom is -0.365 e. The lowest BCUT2D eigenvalue weighted by atomic mass is 9.97. The molecule has 2 heterocycles. The maximum atomic E-state index is 13.5. The molecule has 110 valence electrons. The SMILES string of the molecule is Fc1ccccc1CNc1cnc(C2CCCNC2)cn1. The van der Waals surface area contributed by atoms with Crippen LogP contribution in [0.1, 0.15) is 30.0 Å². The third-order valence-corrected chi connectivity index (χ3v) is 3.80. The van der Waals surface area contributed by atoms with Crippen LogP contribution in [-0.4, -0.2) is 23.1 Å². The number of aromatic nitrogens is 2. The highest BCUT2D eigenvalue weighted by molar-refractivity contribution is 5.33. The Hall–Kier alpha value is -2.01. The van der Waals surface area contributed by atoms with Crippen molar-refractivity contribution in [1.29, 1.82) is 0 Å². The monoisotopic (exact) mass is 286 g/mol. The number of rotatable bonds is 4. The van der Waals surface area contributed by atoms with Gasteiger partial charge in [-0.1, -0.05) is 18.2 Å². The molecule has 0 saturated carbocycles. The quantitative estimate of drug-likeness (QED) is 0.907. The molecule has 2 N–H and O–H groups in total. The van der Waals surface area contributed by atoms with E-state index in [1.807, 2.05) is 12.3 Å². The largest absolute Gasteiger partial charge is 0.365 e. The van der Waals surface area contributed by atoms with Gasteiger partial charge in [0.15, 0.2) is 0 Å². The molecule has 1 aliphatic heterocycles. The number of nitrogens with one attached hydrogen (secondary N) is 2. The summed E-state index contributed by atoms with van der Waals surface area (Å²) in [6.07, 6.45) is 5.88. The van der Waals surface area contributed by atoms with Crippen LogP contribution in [0.3, 0.4) is 0 Å². The first kappa shape index (κ1) is 13.9. The van der Waals surface area contributed by atoms with Gasteiger partial charge in [-0.2, -0.15) is 0 Å². The van der Waals surface area contributed by atoms with Crippen LogP contribution < -0.4 is 10.6 Å². The Balaban J connectivity index is 1.60. The zero-order valence-corrected chi connectivity index (χ0v) is 11.8. The fourth-order valence-corrected chi connectivity index (χ4v) is 2.57. The number of hydrogen-bond donors (Lipinski definition) is 2. The summed E-state index contributed by atoms with van der Waals surface area (Å²) in [5, 5.41) is 6.48. The van der Waals surface area contributed by atoms with Gasteiger partial charge >= 0.3 is 0 Å². The van der Waals surface area contributed by atoms with E-state index in [0.717, 1.165) is 25.2 Å². The molecule has 1 aromatic carbocycles. The second-order valence-electron chi connectivity index (χ2n) is 5.31. The Bertz CT molecular complexity index is 579. The van der Waals surface area contributed by atoms with Crippen LogP contribution in [0.4, 0.5) is 10.2 Å². The Morgan fingerprint density at radius 1 is 1.24 bits per heavy atom. The van der Waals surface area contributed by atoms with Gasteiger partial charge in [0.2, 0.25) is 0 Å². The normalized spacial score (nSPS) is 18.4. The van der Waals surface area contributed by atoms with E-state index in [9.17, 15) is 4.39 Å². The lowest BCUT2D eigenvalue weighted by molar-refractivity contribution is 0.454. The van der Waals surface area contributed by atoms with E-state index in [1.165, 1.54) is 12.5 Å². The summed E-state index contributed by atoms with van der Waals surface area (Å²) in [6.45, 7) is 2.47. The van der Waals surface area contributed by atoms with E-state index >= 15 is 0 Å². The maximum absolute atomic E-state index is 13.5. The van der Waals surface area contributed by atoms with E-state index in [0.29, 0.717) is 23.8 Å². The molecule has 1 saturated heterocycles. The second-order valence-corrected chi connectivity index (χ2v) is 5.31. The number of nitrogens with zero attached hydrogens (tertiary/aromatic N) is 2. The summed E-state index contributed by atoms with van der Waals surface area (Å²) in [5.41, 5.74) is 1.65. The van der Waals surface area contributed by atoms with Crippen molar-refractivity contribution in [1.82, 2.24) is 15.3 Å². The van der Waals surface area contributed by atoms with Crippen molar-refractivity contribution in [3.8, 4) is 0 Å². The zero-order chi connectivity index (χ0) is 14.5.